The van der Waals surface area contributed by atoms with Crippen LogP contribution in [0.4, 0.5) is 0 Å². The Labute approximate surface area is 80.0 Å². The zero-order valence-corrected chi connectivity index (χ0v) is 8.25. The fraction of sp³-hybridized carbons (Fsp3) is 0.417. The third kappa shape index (κ3) is 2.32. The van der Waals surface area contributed by atoms with Crippen molar-refractivity contribution in [3.63, 3.8) is 0 Å². The third-order valence-electron chi connectivity index (χ3n) is 2.47. The molecule has 0 atom stereocenters. The van der Waals surface area contributed by atoms with Crippen LogP contribution >= 0.6 is 0 Å². The molecule has 0 aliphatic heterocycles. The summed E-state index contributed by atoms with van der Waals surface area (Å²) in [5.74, 6) is 0.605. The number of hydrogen-bond acceptors (Lipinski definition) is 1. The summed E-state index contributed by atoms with van der Waals surface area (Å²) in [7, 11) is 0. The lowest BCUT2D eigenvalue weighted by atomic mass is 9.93. The van der Waals surface area contributed by atoms with Gasteiger partial charge in [0.25, 0.3) is 0 Å². The Balaban J connectivity index is 2.94. The Morgan fingerprint density at radius 3 is 2.54 bits per heavy atom. The van der Waals surface area contributed by atoms with Crippen molar-refractivity contribution in [2.24, 2.45) is 0 Å². The largest absolute Gasteiger partial charge is 0.192 e. The van der Waals surface area contributed by atoms with Crippen LogP contribution in [0, 0.1) is 11.3 Å². The number of hydrogen-bond donors (Lipinski definition) is 0. The van der Waals surface area contributed by atoms with Gasteiger partial charge in [-0.05, 0) is 36.5 Å². The lowest BCUT2D eigenvalue weighted by Gasteiger charge is -2.12. The Kier molecular flexibility index (Phi) is 3.52. The number of benzene rings is 1. The molecule has 1 aromatic rings. The van der Waals surface area contributed by atoms with Gasteiger partial charge in [-0.2, -0.15) is 5.26 Å². The molecular formula is C12H15N. The van der Waals surface area contributed by atoms with Crippen LogP contribution in [-0.4, -0.2) is 0 Å². The van der Waals surface area contributed by atoms with E-state index in [1.165, 1.54) is 5.56 Å². The average molecular weight is 173 g/mol. The lowest BCUT2D eigenvalue weighted by molar-refractivity contribution is 0.642. The van der Waals surface area contributed by atoms with E-state index >= 15 is 0 Å². The quantitative estimate of drug-likeness (QED) is 0.686. The second-order valence-corrected chi connectivity index (χ2v) is 3.25. The third-order valence-corrected chi connectivity index (χ3v) is 2.47. The predicted octanol–water partition coefficient (Wildman–Crippen LogP) is 3.46. The highest BCUT2D eigenvalue weighted by Gasteiger charge is 2.06. The minimum atomic E-state index is 0.605. The summed E-state index contributed by atoms with van der Waals surface area (Å²) in [5, 5.41) is 8.74. The molecule has 0 saturated carbocycles. The van der Waals surface area contributed by atoms with Gasteiger partial charge in [0.2, 0.25) is 0 Å². The van der Waals surface area contributed by atoms with Crippen molar-refractivity contribution in [2.75, 3.05) is 0 Å². The van der Waals surface area contributed by atoms with Crippen LogP contribution in [0.15, 0.2) is 24.3 Å². The molecule has 1 heteroatoms. The first kappa shape index (κ1) is 9.80. The van der Waals surface area contributed by atoms with Crippen molar-refractivity contribution in [2.45, 2.75) is 32.6 Å². The van der Waals surface area contributed by atoms with Gasteiger partial charge in [-0.25, -0.2) is 0 Å². The van der Waals surface area contributed by atoms with Crippen molar-refractivity contribution in [1.29, 1.82) is 5.26 Å². The number of rotatable bonds is 3. The molecule has 1 rings (SSSR count). The van der Waals surface area contributed by atoms with Gasteiger partial charge in [0.15, 0.2) is 0 Å². The Morgan fingerprint density at radius 1 is 1.31 bits per heavy atom. The van der Waals surface area contributed by atoms with E-state index < -0.39 is 0 Å². The van der Waals surface area contributed by atoms with Gasteiger partial charge in [-0.3, -0.25) is 0 Å². The highest BCUT2D eigenvalue weighted by molar-refractivity contribution is 5.34. The molecular weight excluding hydrogens is 158 g/mol. The van der Waals surface area contributed by atoms with Crippen molar-refractivity contribution in [3.05, 3.63) is 35.4 Å². The molecule has 1 nitrogen and oxygen atoms in total. The second-order valence-electron chi connectivity index (χ2n) is 3.25. The summed E-state index contributed by atoms with van der Waals surface area (Å²) < 4.78 is 0. The molecule has 68 valence electrons. The fourth-order valence-corrected chi connectivity index (χ4v) is 1.62. The molecule has 0 spiro atoms. The summed E-state index contributed by atoms with van der Waals surface area (Å²) in [6.07, 6.45) is 2.29. The van der Waals surface area contributed by atoms with Gasteiger partial charge in [0.1, 0.15) is 0 Å². The van der Waals surface area contributed by atoms with Gasteiger partial charge >= 0.3 is 0 Å². The van der Waals surface area contributed by atoms with E-state index in [0.717, 1.165) is 18.4 Å². The van der Waals surface area contributed by atoms with E-state index in [4.69, 9.17) is 5.26 Å². The molecule has 1 aromatic carbocycles. The molecule has 0 aliphatic rings. The van der Waals surface area contributed by atoms with E-state index in [-0.39, 0.29) is 0 Å². The first-order valence-corrected chi connectivity index (χ1v) is 4.81. The van der Waals surface area contributed by atoms with E-state index in [9.17, 15) is 0 Å². The van der Waals surface area contributed by atoms with Gasteiger partial charge in [-0.15, -0.1) is 0 Å². The summed E-state index contributed by atoms with van der Waals surface area (Å²) >= 11 is 0. The summed E-state index contributed by atoms with van der Waals surface area (Å²) in [6.45, 7) is 4.38. The van der Waals surface area contributed by atoms with Crippen molar-refractivity contribution >= 4 is 0 Å². The SMILES string of the molecule is CCC(CC)c1cccc(C#N)c1. The Morgan fingerprint density at radius 2 is 2.00 bits per heavy atom. The summed E-state index contributed by atoms with van der Waals surface area (Å²) in [6, 6.07) is 10.1. The lowest BCUT2D eigenvalue weighted by Crippen LogP contribution is -1.95. The van der Waals surface area contributed by atoms with Crippen LogP contribution in [0.5, 0.6) is 0 Å². The number of nitriles is 1. The zero-order valence-electron chi connectivity index (χ0n) is 8.25. The normalized spacial score (nSPS) is 10.0. The molecule has 0 fully saturated rings. The van der Waals surface area contributed by atoms with Crippen LogP contribution in [0.3, 0.4) is 0 Å². The van der Waals surface area contributed by atoms with Crippen molar-refractivity contribution in [3.8, 4) is 6.07 Å². The van der Waals surface area contributed by atoms with E-state index in [2.05, 4.69) is 26.0 Å². The smallest absolute Gasteiger partial charge is 0.0991 e. The van der Waals surface area contributed by atoms with Crippen LogP contribution in [0.2, 0.25) is 0 Å². The maximum atomic E-state index is 8.74. The van der Waals surface area contributed by atoms with Gasteiger partial charge in [-0.1, -0.05) is 26.0 Å². The van der Waals surface area contributed by atoms with Crippen LogP contribution in [0.25, 0.3) is 0 Å². The van der Waals surface area contributed by atoms with Crippen molar-refractivity contribution < 1.29 is 0 Å². The Hall–Kier alpha value is -1.29. The number of nitrogens with zero attached hydrogens (tertiary/aromatic N) is 1. The first-order chi connectivity index (χ1) is 6.31. The molecule has 0 radical (unpaired) electrons. The van der Waals surface area contributed by atoms with E-state index in [1.54, 1.807) is 0 Å². The standard InChI is InChI=1S/C12H15N/c1-3-11(4-2)12-7-5-6-10(8-12)9-13/h5-8,11H,3-4H2,1-2H3. The molecule has 0 aliphatic carbocycles. The maximum Gasteiger partial charge on any atom is 0.0991 e. The minimum absolute atomic E-state index is 0.605. The van der Waals surface area contributed by atoms with Crippen LogP contribution < -0.4 is 0 Å². The predicted molar refractivity (Wildman–Crippen MR) is 54.5 cm³/mol. The zero-order chi connectivity index (χ0) is 9.68. The first-order valence-electron chi connectivity index (χ1n) is 4.81. The van der Waals surface area contributed by atoms with Gasteiger partial charge in [0, 0.05) is 0 Å². The van der Waals surface area contributed by atoms with E-state index in [0.29, 0.717) is 5.92 Å². The molecule has 0 bridgehead atoms. The van der Waals surface area contributed by atoms with E-state index in [1.807, 2.05) is 18.2 Å². The highest BCUT2D eigenvalue weighted by atomic mass is 14.2. The topological polar surface area (TPSA) is 23.8 Å². The highest BCUT2D eigenvalue weighted by Crippen LogP contribution is 2.23. The fourth-order valence-electron chi connectivity index (χ4n) is 1.62. The van der Waals surface area contributed by atoms with Crippen LogP contribution in [-0.2, 0) is 0 Å². The monoisotopic (exact) mass is 173 g/mol. The molecule has 13 heavy (non-hydrogen) atoms. The summed E-state index contributed by atoms with van der Waals surface area (Å²) in [5.41, 5.74) is 2.06. The van der Waals surface area contributed by atoms with Gasteiger partial charge < -0.3 is 0 Å². The average Bonchev–Trinajstić information content (AvgIpc) is 2.20. The molecule has 0 N–H and O–H groups in total. The molecule has 0 aromatic heterocycles. The maximum absolute atomic E-state index is 8.74. The van der Waals surface area contributed by atoms with Crippen molar-refractivity contribution in [1.82, 2.24) is 0 Å². The molecule has 0 heterocycles. The summed E-state index contributed by atoms with van der Waals surface area (Å²) in [4.78, 5) is 0. The Bertz CT molecular complexity index is 305. The van der Waals surface area contributed by atoms with Gasteiger partial charge in [0.05, 0.1) is 11.6 Å². The second kappa shape index (κ2) is 4.67. The van der Waals surface area contributed by atoms with Crippen LogP contribution in [0.1, 0.15) is 43.7 Å². The molecule has 0 amide bonds. The molecule has 0 unspecified atom stereocenters. The molecule has 0 saturated heterocycles. The minimum Gasteiger partial charge on any atom is -0.192 e.